The van der Waals surface area contributed by atoms with Crippen LogP contribution < -0.4 is 11.1 Å². The van der Waals surface area contributed by atoms with Crippen molar-refractivity contribution in [2.75, 3.05) is 20.6 Å². The fourth-order valence-corrected chi connectivity index (χ4v) is 3.00. The van der Waals surface area contributed by atoms with Crippen molar-refractivity contribution in [1.82, 2.24) is 10.2 Å². The number of rotatable bonds is 6. The number of nitrogens with zero attached hydrogens (tertiary/aromatic N) is 2. The normalized spacial score (nSPS) is 17.6. The summed E-state index contributed by atoms with van der Waals surface area (Å²) in [6.07, 6.45) is 7.40. The van der Waals surface area contributed by atoms with Gasteiger partial charge in [0.1, 0.15) is 0 Å². The van der Waals surface area contributed by atoms with Gasteiger partial charge in [0, 0.05) is 12.1 Å². The van der Waals surface area contributed by atoms with E-state index >= 15 is 0 Å². The lowest BCUT2D eigenvalue weighted by molar-refractivity contribution is 0.298. The Morgan fingerprint density at radius 1 is 1.22 bits per heavy atom. The molecule has 23 heavy (non-hydrogen) atoms. The number of hydrogen-bond donors (Lipinski definition) is 2. The van der Waals surface area contributed by atoms with Gasteiger partial charge in [0.25, 0.3) is 0 Å². The summed E-state index contributed by atoms with van der Waals surface area (Å²) < 4.78 is 0. The first kappa shape index (κ1) is 20.2. The lowest BCUT2D eigenvalue weighted by atomic mass is 9.96. The maximum absolute atomic E-state index is 6.07. The van der Waals surface area contributed by atoms with Gasteiger partial charge in [-0.2, -0.15) is 0 Å². The molecule has 0 bridgehead atoms. The standard InChI is InChI=1S/C18H30N4.HI/c1-22(2)17(13-15-9-5-3-6-10-15)14-20-18(19)21-16-11-7-4-8-12-16;/h3,5-6,9-10,16-17H,4,7-8,11-14H2,1-2H3,(H3,19,20,21);1H. The molecule has 1 atom stereocenters. The van der Waals surface area contributed by atoms with Crippen molar-refractivity contribution in [3.8, 4) is 0 Å². The van der Waals surface area contributed by atoms with Crippen LogP contribution in [0.3, 0.4) is 0 Å². The van der Waals surface area contributed by atoms with Crippen LogP contribution >= 0.6 is 24.0 Å². The maximum Gasteiger partial charge on any atom is 0.188 e. The number of likely N-dealkylation sites (N-methyl/N-ethyl adjacent to an activating group) is 1. The summed E-state index contributed by atoms with van der Waals surface area (Å²) in [5.74, 6) is 0.604. The Kier molecular flexibility index (Phi) is 9.55. The molecule has 1 aliphatic rings. The Morgan fingerprint density at radius 2 is 1.87 bits per heavy atom. The van der Waals surface area contributed by atoms with Crippen molar-refractivity contribution in [2.24, 2.45) is 10.7 Å². The first-order valence-electron chi connectivity index (χ1n) is 8.42. The second-order valence-electron chi connectivity index (χ2n) is 6.51. The van der Waals surface area contributed by atoms with Crippen LogP contribution in [0, 0.1) is 0 Å². The van der Waals surface area contributed by atoms with Crippen LogP contribution in [0.25, 0.3) is 0 Å². The molecule has 0 saturated heterocycles. The molecule has 0 radical (unpaired) electrons. The van der Waals surface area contributed by atoms with Gasteiger partial charge < -0.3 is 16.0 Å². The average Bonchev–Trinajstić information content (AvgIpc) is 2.53. The van der Waals surface area contributed by atoms with Crippen LogP contribution in [0.5, 0.6) is 0 Å². The monoisotopic (exact) mass is 430 g/mol. The summed E-state index contributed by atoms with van der Waals surface area (Å²) in [4.78, 5) is 6.80. The van der Waals surface area contributed by atoms with Crippen molar-refractivity contribution >= 4 is 29.9 Å². The molecule has 1 aliphatic carbocycles. The van der Waals surface area contributed by atoms with Gasteiger partial charge in [-0.05, 0) is 38.9 Å². The van der Waals surface area contributed by atoms with Gasteiger partial charge in [-0.1, -0.05) is 49.6 Å². The van der Waals surface area contributed by atoms with E-state index in [4.69, 9.17) is 5.73 Å². The Balaban J connectivity index is 0.00000264. The first-order chi connectivity index (χ1) is 10.6. The fourth-order valence-electron chi connectivity index (χ4n) is 3.00. The molecule has 1 aromatic rings. The molecule has 130 valence electrons. The highest BCUT2D eigenvalue weighted by molar-refractivity contribution is 14.0. The summed E-state index contributed by atoms with van der Waals surface area (Å²) in [7, 11) is 4.21. The third kappa shape index (κ3) is 7.52. The van der Waals surface area contributed by atoms with Gasteiger partial charge >= 0.3 is 0 Å². The number of hydrogen-bond acceptors (Lipinski definition) is 2. The highest BCUT2D eigenvalue weighted by Gasteiger charge is 2.15. The first-order valence-corrected chi connectivity index (χ1v) is 8.42. The minimum atomic E-state index is 0. The number of aliphatic imine (C=N–C) groups is 1. The van der Waals surface area contributed by atoms with E-state index in [9.17, 15) is 0 Å². The van der Waals surface area contributed by atoms with Crippen molar-refractivity contribution in [3.05, 3.63) is 35.9 Å². The molecule has 2 rings (SSSR count). The van der Waals surface area contributed by atoms with Crippen molar-refractivity contribution in [1.29, 1.82) is 0 Å². The summed E-state index contributed by atoms with van der Waals surface area (Å²) in [6, 6.07) is 11.5. The Morgan fingerprint density at radius 3 is 2.48 bits per heavy atom. The van der Waals surface area contributed by atoms with E-state index in [2.05, 4.69) is 59.6 Å². The predicted octanol–water partition coefficient (Wildman–Crippen LogP) is 3.01. The topological polar surface area (TPSA) is 53.6 Å². The largest absolute Gasteiger partial charge is 0.370 e. The highest BCUT2D eigenvalue weighted by Crippen LogP contribution is 2.17. The van der Waals surface area contributed by atoms with E-state index in [0.29, 0.717) is 18.0 Å². The third-order valence-electron chi connectivity index (χ3n) is 4.47. The SMILES string of the molecule is CN(C)C(CN=C(N)NC1CCCCC1)Cc1ccccc1.I. The van der Waals surface area contributed by atoms with Crippen LogP contribution in [0.1, 0.15) is 37.7 Å². The summed E-state index contributed by atoms with van der Waals surface area (Å²) in [5, 5.41) is 3.39. The van der Waals surface area contributed by atoms with Gasteiger partial charge in [-0.15, -0.1) is 24.0 Å². The molecular formula is C18H31IN4. The van der Waals surface area contributed by atoms with Gasteiger partial charge in [-0.3, -0.25) is 4.99 Å². The van der Waals surface area contributed by atoms with Crippen molar-refractivity contribution in [3.63, 3.8) is 0 Å². The molecule has 1 saturated carbocycles. The maximum atomic E-state index is 6.07. The molecule has 3 N–H and O–H groups in total. The molecule has 0 heterocycles. The van der Waals surface area contributed by atoms with Gasteiger partial charge in [0.05, 0.1) is 6.54 Å². The summed E-state index contributed by atoms with van der Waals surface area (Å²) in [6.45, 7) is 0.730. The molecule has 0 amide bonds. The van der Waals surface area contributed by atoms with E-state index in [1.165, 1.54) is 37.7 Å². The average molecular weight is 430 g/mol. The number of nitrogens with one attached hydrogen (secondary N) is 1. The van der Waals surface area contributed by atoms with Crippen molar-refractivity contribution < 1.29 is 0 Å². The van der Waals surface area contributed by atoms with Gasteiger partial charge in [0.2, 0.25) is 0 Å². The van der Waals surface area contributed by atoms with E-state index in [0.717, 1.165) is 13.0 Å². The molecule has 1 unspecified atom stereocenters. The number of guanidine groups is 1. The molecule has 1 aromatic carbocycles. The van der Waals surface area contributed by atoms with Gasteiger partial charge in [-0.25, -0.2) is 0 Å². The molecule has 1 fully saturated rings. The zero-order chi connectivity index (χ0) is 15.8. The van der Waals surface area contributed by atoms with E-state index < -0.39 is 0 Å². The molecular weight excluding hydrogens is 399 g/mol. The Labute approximate surface area is 157 Å². The predicted molar refractivity (Wildman–Crippen MR) is 110 cm³/mol. The van der Waals surface area contributed by atoms with E-state index in [1.807, 2.05) is 0 Å². The zero-order valence-electron chi connectivity index (χ0n) is 14.4. The summed E-state index contributed by atoms with van der Waals surface area (Å²) >= 11 is 0. The van der Waals surface area contributed by atoms with Crippen LogP contribution in [0.15, 0.2) is 35.3 Å². The zero-order valence-corrected chi connectivity index (χ0v) is 16.7. The quantitative estimate of drug-likeness (QED) is 0.415. The smallest absolute Gasteiger partial charge is 0.188 e. The lowest BCUT2D eigenvalue weighted by Crippen LogP contribution is -2.42. The number of nitrogens with two attached hydrogens (primary N) is 1. The Bertz CT molecular complexity index is 455. The third-order valence-corrected chi connectivity index (χ3v) is 4.47. The van der Waals surface area contributed by atoms with E-state index in [1.54, 1.807) is 0 Å². The molecule has 5 heteroatoms. The van der Waals surface area contributed by atoms with Crippen molar-refractivity contribution in [2.45, 2.75) is 50.6 Å². The van der Waals surface area contributed by atoms with Gasteiger partial charge in [0.15, 0.2) is 5.96 Å². The second-order valence-corrected chi connectivity index (χ2v) is 6.51. The fraction of sp³-hybridized carbons (Fsp3) is 0.611. The number of halogens is 1. The van der Waals surface area contributed by atoms with Crippen LogP contribution in [-0.4, -0.2) is 43.6 Å². The molecule has 4 nitrogen and oxygen atoms in total. The van der Waals surface area contributed by atoms with Crippen LogP contribution in [-0.2, 0) is 6.42 Å². The lowest BCUT2D eigenvalue weighted by Gasteiger charge is -2.25. The highest BCUT2D eigenvalue weighted by atomic mass is 127. The van der Waals surface area contributed by atoms with Crippen LogP contribution in [0.4, 0.5) is 0 Å². The minimum Gasteiger partial charge on any atom is -0.370 e. The minimum absolute atomic E-state index is 0. The van der Waals surface area contributed by atoms with Crippen LogP contribution in [0.2, 0.25) is 0 Å². The second kappa shape index (κ2) is 10.9. The summed E-state index contributed by atoms with van der Waals surface area (Å²) in [5.41, 5.74) is 7.41. The number of benzene rings is 1. The molecule has 0 aliphatic heterocycles. The molecule has 0 aromatic heterocycles. The van der Waals surface area contributed by atoms with E-state index in [-0.39, 0.29) is 24.0 Å². The molecule has 0 spiro atoms. The Hall–Kier alpha value is -0.820.